The first-order chi connectivity index (χ1) is 13.8. The van der Waals surface area contributed by atoms with Gasteiger partial charge in [-0.1, -0.05) is 6.07 Å². The summed E-state index contributed by atoms with van der Waals surface area (Å²) in [6, 6.07) is 16.0. The Morgan fingerprint density at radius 3 is 2.96 bits per heavy atom. The molecular formula is C22H16N4O2. The number of ether oxygens (including phenoxy) is 1. The van der Waals surface area contributed by atoms with E-state index in [1.54, 1.807) is 0 Å². The van der Waals surface area contributed by atoms with Crippen molar-refractivity contribution >= 4 is 22.1 Å². The molecule has 6 nitrogen and oxygen atoms in total. The molecule has 1 aliphatic heterocycles. The second-order valence-corrected chi connectivity index (χ2v) is 6.97. The van der Waals surface area contributed by atoms with Crippen LogP contribution in [0, 0.1) is 0 Å². The number of H-pyrrole nitrogens is 1. The molecule has 1 aliphatic rings. The van der Waals surface area contributed by atoms with Gasteiger partial charge < -0.3 is 14.1 Å². The third-order valence-electron chi connectivity index (χ3n) is 5.20. The Labute approximate surface area is 160 Å². The second kappa shape index (κ2) is 6.00. The van der Waals surface area contributed by atoms with Gasteiger partial charge in [-0.25, -0.2) is 9.97 Å². The number of hydrogen-bond donors (Lipinski definition) is 1. The zero-order valence-electron chi connectivity index (χ0n) is 14.9. The zero-order chi connectivity index (χ0) is 18.5. The van der Waals surface area contributed by atoms with E-state index in [2.05, 4.69) is 21.0 Å². The van der Waals surface area contributed by atoms with Gasteiger partial charge in [0, 0.05) is 35.3 Å². The molecule has 0 saturated carbocycles. The number of rotatable bonds is 2. The van der Waals surface area contributed by atoms with Gasteiger partial charge in [-0.15, -0.1) is 0 Å². The largest absolute Gasteiger partial charge is 0.436 e. The maximum absolute atomic E-state index is 6.02. The smallest absolute Gasteiger partial charge is 0.227 e. The van der Waals surface area contributed by atoms with Crippen LogP contribution < -0.4 is 0 Å². The van der Waals surface area contributed by atoms with Crippen molar-refractivity contribution in [3.63, 3.8) is 0 Å². The zero-order valence-corrected chi connectivity index (χ0v) is 14.9. The molecule has 6 rings (SSSR count). The SMILES string of the molecule is c1cnc2c(c1)COC(c1ccc3cc(-c4ccc5cc[nH]c5n4)oc3n1)C2. The standard InChI is InChI=1S/C22H16N4O2/c1-2-15-12-27-19(11-18(15)23-8-1)16-6-4-14-10-20(28-22(14)26-16)17-5-3-13-7-9-24-21(13)25-17/h1-10,19H,11-12H2,(H,24,25). The summed E-state index contributed by atoms with van der Waals surface area (Å²) in [6.07, 6.45) is 4.30. The summed E-state index contributed by atoms with van der Waals surface area (Å²) in [6.45, 7) is 0.553. The van der Waals surface area contributed by atoms with E-state index in [1.807, 2.05) is 54.9 Å². The molecule has 0 fully saturated rings. The molecule has 5 aromatic rings. The van der Waals surface area contributed by atoms with Crippen LogP contribution in [0.25, 0.3) is 33.6 Å². The van der Waals surface area contributed by atoms with Crippen molar-refractivity contribution in [3.8, 4) is 11.5 Å². The van der Waals surface area contributed by atoms with E-state index in [9.17, 15) is 0 Å². The first-order valence-corrected chi connectivity index (χ1v) is 9.23. The lowest BCUT2D eigenvalue weighted by molar-refractivity contribution is 0.0234. The molecule has 0 spiro atoms. The molecule has 0 aliphatic carbocycles. The van der Waals surface area contributed by atoms with E-state index in [4.69, 9.17) is 14.1 Å². The maximum atomic E-state index is 6.02. The molecule has 5 aromatic heterocycles. The van der Waals surface area contributed by atoms with Gasteiger partial charge in [0.1, 0.15) is 17.4 Å². The number of hydrogen-bond acceptors (Lipinski definition) is 5. The molecular weight excluding hydrogens is 352 g/mol. The third-order valence-corrected chi connectivity index (χ3v) is 5.20. The lowest BCUT2D eigenvalue weighted by Gasteiger charge is -2.23. The normalized spacial score (nSPS) is 16.5. The summed E-state index contributed by atoms with van der Waals surface area (Å²) >= 11 is 0. The van der Waals surface area contributed by atoms with Crippen molar-refractivity contribution in [2.45, 2.75) is 19.1 Å². The quantitative estimate of drug-likeness (QED) is 0.493. The highest BCUT2D eigenvalue weighted by molar-refractivity contribution is 5.82. The average Bonchev–Trinajstić information content (AvgIpc) is 3.39. The highest BCUT2D eigenvalue weighted by Gasteiger charge is 2.23. The number of fused-ring (bicyclic) bond motifs is 3. The van der Waals surface area contributed by atoms with Crippen molar-refractivity contribution in [2.75, 3.05) is 0 Å². The molecule has 0 saturated heterocycles. The van der Waals surface area contributed by atoms with Gasteiger partial charge in [-0.05, 0) is 48.0 Å². The molecule has 136 valence electrons. The monoisotopic (exact) mass is 368 g/mol. The van der Waals surface area contributed by atoms with Crippen LogP contribution >= 0.6 is 0 Å². The molecule has 6 heterocycles. The number of nitrogens with one attached hydrogen (secondary N) is 1. The minimum atomic E-state index is -0.117. The van der Waals surface area contributed by atoms with Gasteiger partial charge in [0.2, 0.25) is 5.71 Å². The van der Waals surface area contributed by atoms with E-state index >= 15 is 0 Å². The Bertz CT molecular complexity index is 1320. The number of aromatic amines is 1. The predicted octanol–water partition coefficient (Wildman–Crippen LogP) is 4.58. The second-order valence-electron chi connectivity index (χ2n) is 6.97. The van der Waals surface area contributed by atoms with Crippen LogP contribution in [0.2, 0.25) is 0 Å². The average molecular weight is 368 g/mol. The van der Waals surface area contributed by atoms with E-state index in [0.29, 0.717) is 24.5 Å². The summed E-state index contributed by atoms with van der Waals surface area (Å²) in [5, 5.41) is 2.02. The molecule has 0 aromatic carbocycles. The van der Waals surface area contributed by atoms with Gasteiger partial charge in [0.25, 0.3) is 0 Å². The van der Waals surface area contributed by atoms with Crippen LogP contribution in [0.1, 0.15) is 23.1 Å². The number of aromatic nitrogens is 4. The third kappa shape index (κ3) is 2.50. The highest BCUT2D eigenvalue weighted by Crippen LogP contribution is 2.31. The van der Waals surface area contributed by atoms with Gasteiger partial charge in [0.15, 0.2) is 5.76 Å². The number of pyridine rings is 3. The van der Waals surface area contributed by atoms with Crippen LogP contribution in [0.3, 0.4) is 0 Å². The molecule has 0 amide bonds. The molecule has 0 bridgehead atoms. The summed E-state index contributed by atoms with van der Waals surface area (Å²) in [5.74, 6) is 0.702. The van der Waals surface area contributed by atoms with Crippen molar-refractivity contribution in [3.05, 3.63) is 77.9 Å². The lowest BCUT2D eigenvalue weighted by Crippen LogP contribution is -2.17. The molecule has 1 atom stereocenters. The van der Waals surface area contributed by atoms with Gasteiger partial charge in [-0.2, -0.15) is 0 Å². The Balaban J connectivity index is 1.36. The fourth-order valence-electron chi connectivity index (χ4n) is 3.71. The summed E-state index contributed by atoms with van der Waals surface area (Å²) < 4.78 is 12.0. The van der Waals surface area contributed by atoms with E-state index in [0.717, 1.165) is 39.1 Å². The van der Waals surface area contributed by atoms with Crippen molar-refractivity contribution in [1.82, 2.24) is 19.9 Å². The lowest BCUT2D eigenvalue weighted by atomic mass is 10.0. The molecule has 28 heavy (non-hydrogen) atoms. The summed E-state index contributed by atoms with van der Waals surface area (Å²) in [7, 11) is 0. The van der Waals surface area contributed by atoms with Crippen LogP contribution in [-0.4, -0.2) is 19.9 Å². The van der Waals surface area contributed by atoms with Crippen molar-refractivity contribution in [1.29, 1.82) is 0 Å². The molecule has 1 N–H and O–H groups in total. The molecule has 1 unspecified atom stereocenters. The predicted molar refractivity (Wildman–Crippen MR) is 105 cm³/mol. The number of nitrogens with zero attached hydrogens (tertiary/aromatic N) is 3. The van der Waals surface area contributed by atoms with Crippen LogP contribution in [0.5, 0.6) is 0 Å². The van der Waals surface area contributed by atoms with Gasteiger partial charge in [0.05, 0.1) is 12.3 Å². The van der Waals surface area contributed by atoms with Crippen molar-refractivity contribution < 1.29 is 9.15 Å². The topological polar surface area (TPSA) is 76.8 Å². The van der Waals surface area contributed by atoms with Crippen LogP contribution in [0.15, 0.2) is 65.3 Å². The Hall–Kier alpha value is -3.51. The Kier molecular flexibility index (Phi) is 3.33. The van der Waals surface area contributed by atoms with Crippen LogP contribution in [0.4, 0.5) is 0 Å². The fourth-order valence-corrected chi connectivity index (χ4v) is 3.71. The summed E-state index contributed by atoms with van der Waals surface area (Å²) in [4.78, 5) is 17.0. The molecule has 0 radical (unpaired) electrons. The van der Waals surface area contributed by atoms with E-state index in [1.165, 1.54) is 0 Å². The van der Waals surface area contributed by atoms with Crippen LogP contribution in [-0.2, 0) is 17.8 Å². The van der Waals surface area contributed by atoms with Crippen molar-refractivity contribution in [2.24, 2.45) is 0 Å². The Morgan fingerprint density at radius 2 is 1.96 bits per heavy atom. The van der Waals surface area contributed by atoms with E-state index in [-0.39, 0.29) is 6.10 Å². The fraction of sp³-hybridized carbons (Fsp3) is 0.136. The molecule has 6 heteroatoms. The first kappa shape index (κ1) is 15.5. The highest BCUT2D eigenvalue weighted by atomic mass is 16.5. The minimum absolute atomic E-state index is 0.117. The minimum Gasteiger partial charge on any atom is -0.436 e. The van der Waals surface area contributed by atoms with E-state index < -0.39 is 0 Å². The Morgan fingerprint density at radius 1 is 1.00 bits per heavy atom. The maximum Gasteiger partial charge on any atom is 0.227 e. The van der Waals surface area contributed by atoms with Gasteiger partial charge in [-0.3, -0.25) is 4.98 Å². The summed E-state index contributed by atoms with van der Waals surface area (Å²) in [5.41, 5.74) is 5.29. The van der Waals surface area contributed by atoms with Gasteiger partial charge >= 0.3 is 0 Å². The first-order valence-electron chi connectivity index (χ1n) is 9.23. The number of furan rings is 1.